The molecule has 0 fully saturated rings. The van der Waals surface area contributed by atoms with Gasteiger partial charge in [-0.25, -0.2) is 22.9 Å². The van der Waals surface area contributed by atoms with Crippen molar-refractivity contribution in [3.63, 3.8) is 0 Å². The summed E-state index contributed by atoms with van der Waals surface area (Å²) in [5.74, 6) is -0.862. The van der Waals surface area contributed by atoms with Crippen molar-refractivity contribution in [3.05, 3.63) is 617 Å². The van der Waals surface area contributed by atoms with Gasteiger partial charge in [0.2, 0.25) is 5.69 Å². The molecular formula is C138H95F3N6. The molecule has 6 nitrogen and oxygen atoms in total. The van der Waals surface area contributed by atoms with Crippen LogP contribution in [0.1, 0.15) is 0 Å². The largest absolute Gasteiger partial charge is 0.320 e. The van der Waals surface area contributed by atoms with Crippen molar-refractivity contribution in [1.82, 2.24) is 0 Å². The highest BCUT2D eigenvalue weighted by Gasteiger charge is 2.23. The van der Waals surface area contributed by atoms with Crippen molar-refractivity contribution in [2.45, 2.75) is 0 Å². The second-order valence-corrected chi connectivity index (χ2v) is 35.6. The van der Waals surface area contributed by atoms with Crippen molar-refractivity contribution in [2.75, 3.05) is 19.6 Å². The Morgan fingerprint density at radius 1 is 0.143 bits per heavy atom. The second-order valence-electron chi connectivity index (χ2n) is 35.6. The summed E-state index contributed by atoms with van der Waals surface area (Å²) in [5, 5.41) is 9.72. The number of para-hydroxylation sites is 5. The van der Waals surface area contributed by atoms with E-state index in [1.54, 1.807) is 36.4 Å². The highest BCUT2D eigenvalue weighted by molar-refractivity contribution is 6.02. The number of rotatable bonds is 20. The molecule has 0 aliphatic carbocycles. The summed E-state index contributed by atoms with van der Waals surface area (Å²) in [6, 6.07) is 194. The van der Waals surface area contributed by atoms with Crippen LogP contribution in [0.4, 0.5) is 92.8 Å². The number of hydrogen-bond donors (Lipinski definition) is 0. The lowest BCUT2D eigenvalue weighted by atomic mass is 9.91. The van der Waals surface area contributed by atoms with E-state index in [2.05, 4.69) is 388 Å². The number of nitrogens with zero attached hydrogens (tertiary/aromatic N) is 6. The van der Waals surface area contributed by atoms with Gasteiger partial charge in [0.25, 0.3) is 0 Å². The van der Waals surface area contributed by atoms with E-state index in [0.717, 1.165) is 96.1 Å². The summed E-state index contributed by atoms with van der Waals surface area (Å²) in [4.78, 5) is 15.8. The van der Waals surface area contributed by atoms with Gasteiger partial charge in [-0.1, -0.05) is 358 Å². The van der Waals surface area contributed by atoms with Crippen LogP contribution in [0.25, 0.3) is 142 Å². The monoisotopic (exact) mass is 1890 g/mol. The first-order valence-corrected chi connectivity index (χ1v) is 48.8. The molecule has 0 spiro atoms. The Balaban J connectivity index is 0.000000115. The van der Waals surface area contributed by atoms with Crippen LogP contribution in [0.2, 0.25) is 0 Å². The van der Waals surface area contributed by atoms with Gasteiger partial charge in [0, 0.05) is 62.6 Å². The molecule has 0 atom stereocenters. The molecule has 0 unspecified atom stereocenters. The van der Waals surface area contributed by atoms with E-state index in [1.165, 1.54) is 135 Å². The fourth-order valence-electron chi connectivity index (χ4n) is 19.2. The van der Waals surface area contributed by atoms with Gasteiger partial charge in [0.15, 0.2) is 5.69 Å². The Hall–Kier alpha value is -19.7. The van der Waals surface area contributed by atoms with Crippen molar-refractivity contribution < 1.29 is 13.2 Å². The zero-order valence-corrected chi connectivity index (χ0v) is 80.2. The van der Waals surface area contributed by atoms with Crippen LogP contribution in [0.5, 0.6) is 0 Å². The average Bonchev–Trinajstić information content (AvgIpc) is 0.781. The van der Waals surface area contributed by atoms with E-state index in [9.17, 15) is 13.2 Å². The molecule has 0 bridgehead atoms. The van der Waals surface area contributed by atoms with Crippen LogP contribution >= 0.6 is 0 Å². The Morgan fingerprint density at radius 2 is 0.340 bits per heavy atom. The minimum absolute atomic E-state index is 0.256. The van der Waals surface area contributed by atoms with Gasteiger partial charge in [0.1, 0.15) is 17.5 Å². The number of benzene rings is 24. The summed E-state index contributed by atoms with van der Waals surface area (Å²) >= 11 is 0. The van der Waals surface area contributed by atoms with E-state index in [1.807, 2.05) is 150 Å². The molecule has 0 heterocycles. The van der Waals surface area contributed by atoms with Crippen molar-refractivity contribution in [1.29, 1.82) is 0 Å². The maximum Gasteiger partial charge on any atom is 0.210 e. The Kier molecular flexibility index (Phi) is 28.0. The summed E-state index contributed by atoms with van der Waals surface area (Å²) in [6.45, 7) is 15.0. The van der Waals surface area contributed by atoms with Crippen LogP contribution in [0, 0.1) is 30.6 Å². The zero-order chi connectivity index (χ0) is 99.6. The Morgan fingerprint density at radius 3 is 0.599 bits per heavy atom. The predicted molar refractivity (Wildman–Crippen MR) is 610 cm³/mol. The molecule has 0 radical (unpaired) electrons. The maximum atomic E-state index is 14.2. The highest BCUT2D eigenvalue weighted by Crippen LogP contribution is 2.48. The van der Waals surface area contributed by atoms with E-state index in [-0.39, 0.29) is 17.5 Å². The lowest BCUT2D eigenvalue weighted by Crippen LogP contribution is -2.09. The summed E-state index contributed by atoms with van der Waals surface area (Å²) in [5.41, 5.74) is 31.3. The number of hydrogen-bond acceptors (Lipinski definition) is 4. The van der Waals surface area contributed by atoms with Crippen LogP contribution < -0.4 is 19.6 Å². The molecule has 0 saturated heterocycles. The molecular weight excluding hydrogens is 1800 g/mol. The van der Waals surface area contributed by atoms with Crippen LogP contribution in [0.15, 0.2) is 576 Å². The molecule has 0 aromatic heterocycles. The fourth-order valence-corrected chi connectivity index (χ4v) is 19.2. The highest BCUT2D eigenvalue weighted by atomic mass is 19.1. The normalized spacial score (nSPS) is 10.8. The topological polar surface area (TPSA) is 21.7 Å². The minimum Gasteiger partial charge on any atom is -0.320 e. The fraction of sp³-hybridized carbons (Fsp3) is 0. The Labute approximate surface area is 855 Å². The molecule has 24 rings (SSSR count). The molecule has 24 aromatic rings. The third kappa shape index (κ3) is 21.2. The lowest BCUT2D eigenvalue weighted by Gasteiger charge is -2.27. The third-order valence-electron chi connectivity index (χ3n) is 26.4. The molecule has 9 heteroatoms. The van der Waals surface area contributed by atoms with Crippen molar-refractivity contribution >= 4 is 123 Å². The first-order valence-electron chi connectivity index (χ1n) is 48.8. The standard InChI is InChI=1S/2C35H24N2.C34H23F2N.C34H24FN/c1-36-34-18-10-11-19-35(34)37(30-16-6-3-7-17-30)31-22-20-27(21-23-31)33-25-29-15-9-8-14-28(29)24-32(33)26-12-4-2-5-13-26;1-36-30-18-22-33(23-19-30)37(31-14-6-3-7-15-31)32-20-16-27(17-21-32)35-25-29-13-9-8-12-28(29)24-34(35)26-10-4-2-5-11-26;35-28-12-18-31(19-13-28)37(32-20-14-29(36)15-21-32)30-16-10-25(11-17-30)34-23-27-9-5-4-8-26(27)22-33(34)24-6-2-1-3-7-24;35-29-14-9-17-32(24-29)36(30-15-5-2-6-16-30)31-20-18-26(19-21-31)34-23-28-13-8-7-12-27(28)22-33(34)25-10-3-1-4-11-25/h2*2-25H;1-23H;1-24H. The summed E-state index contributed by atoms with van der Waals surface area (Å²) in [7, 11) is 0. The average molecular weight is 1890 g/mol. The third-order valence-corrected chi connectivity index (χ3v) is 26.4. The second kappa shape index (κ2) is 44.0. The number of halogens is 3. The van der Waals surface area contributed by atoms with Gasteiger partial charge in [-0.15, -0.1) is 0 Å². The number of anilines is 12. The summed E-state index contributed by atoms with van der Waals surface area (Å²) < 4.78 is 41.5. The quantitative estimate of drug-likeness (QED) is 0.0709. The summed E-state index contributed by atoms with van der Waals surface area (Å²) in [6.07, 6.45) is 0. The minimum atomic E-state index is -0.303. The van der Waals surface area contributed by atoms with Gasteiger partial charge in [-0.05, 0) is 350 Å². The van der Waals surface area contributed by atoms with Gasteiger partial charge >= 0.3 is 0 Å². The van der Waals surface area contributed by atoms with Gasteiger partial charge in [-0.2, -0.15) is 0 Å². The molecule has 0 aliphatic rings. The molecule has 0 aliphatic heterocycles. The predicted octanol–water partition coefficient (Wildman–Crippen LogP) is 40.1. The maximum absolute atomic E-state index is 14.2. The molecule has 24 aromatic carbocycles. The number of fused-ring (bicyclic) bond motifs is 4. The molecule has 0 saturated carbocycles. The van der Waals surface area contributed by atoms with E-state index >= 15 is 0 Å². The SMILES string of the molecule is Fc1ccc(N(c2ccc(F)cc2)c2ccc(-c3cc4ccccc4cc3-c3ccccc3)cc2)cc1.Fc1cccc(N(c2ccccc2)c2ccc(-c3cc4ccccc4cc3-c3ccccc3)cc2)c1.[C-]#[N+]c1ccc(N(c2ccccc2)c2ccc(-c3cc4ccccc4cc3-c3ccccc3)cc2)cc1.[C-]#[N+]c1ccccc1N(c1ccccc1)c1ccc(-c2cc3ccccc3cc2-c2ccccc2)cc1. The van der Waals surface area contributed by atoms with Crippen molar-refractivity contribution in [3.8, 4) is 89.0 Å². The van der Waals surface area contributed by atoms with Gasteiger partial charge < -0.3 is 19.6 Å². The molecule has 0 N–H and O–H groups in total. The first-order chi connectivity index (χ1) is 72.5. The lowest BCUT2D eigenvalue weighted by molar-refractivity contribution is 0.627. The van der Waals surface area contributed by atoms with E-state index < -0.39 is 0 Å². The molecule has 698 valence electrons. The molecule has 0 amide bonds. The van der Waals surface area contributed by atoms with E-state index in [4.69, 9.17) is 13.1 Å². The van der Waals surface area contributed by atoms with E-state index in [0.29, 0.717) is 11.4 Å². The van der Waals surface area contributed by atoms with Crippen LogP contribution in [-0.4, -0.2) is 0 Å². The zero-order valence-electron chi connectivity index (χ0n) is 80.2. The van der Waals surface area contributed by atoms with Crippen molar-refractivity contribution in [2.24, 2.45) is 0 Å². The van der Waals surface area contributed by atoms with Crippen LogP contribution in [0.3, 0.4) is 0 Å². The van der Waals surface area contributed by atoms with Gasteiger partial charge in [-0.3, -0.25) is 0 Å². The molecule has 147 heavy (non-hydrogen) atoms. The van der Waals surface area contributed by atoms with Crippen LogP contribution in [-0.2, 0) is 0 Å². The Bertz CT molecular complexity index is 8720. The van der Waals surface area contributed by atoms with Gasteiger partial charge in [0.05, 0.1) is 18.8 Å². The smallest absolute Gasteiger partial charge is 0.210 e. The first kappa shape index (κ1) is 93.6.